The number of carbonyl (C=O) groups is 1. The molecule has 4 heteroatoms. The zero-order chi connectivity index (χ0) is 13.1. The fourth-order valence-electron chi connectivity index (χ4n) is 2.52. The van der Waals surface area contributed by atoms with Crippen molar-refractivity contribution in [3.63, 3.8) is 0 Å². The fourth-order valence-corrected chi connectivity index (χ4v) is 2.52. The van der Waals surface area contributed by atoms with Crippen molar-refractivity contribution in [1.82, 2.24) is 10.6 Å². The van der Waals surface area contributed by atoms with Crippen molar-refractivity contribution >= 4 is 5.91 Å². The molecule has 0 radical (unpaired) electrons. The Bertz CT molecular complexity index is 469. The molecule has 1 amide bonds. The Morgan fingerprint density at radius 2 is 2.32 bits per heavy atom. The van der Waals surface area contributed by atoms with Crippen LogP contribution in [0.2, 0.25) is 0 Å². The van der Waals surface area contributed by atoms with Gasteiger partial charge in [0.2, 0.25) is 5.91 Å². The largest absolute Gasteiger partial charge is 0.493 e. The highest BCUT2D eigenvalue weighted by atomic mass is 16.5. The Kier molecular flexibility index (Phi) is 3.69. The van der Waals surface area contributed by atoms with E-state index in [0.29, 0.717) is 0 Å². The van der Waals surface area contributed by atoms with Gasteiger partial charge in [0, 0.05) is 19.6 Å². The minimum absolute atomic E-state index is 0.178. The molecule has 0 atom stereocenters. The molecular formula is C15H20N2O2. The van der Waals surface area contributed by atoms with Crippen LogP contribution in [0.3, 0.4) is 0 Å². The van der Waals surface area contributed by atoms with Gasteiger partial charge in [-0.05, 0) is 36.5 Å². The van der Waals surface area contributed by atoms with Gasteiger partial charge in [0.15, 0.2) is 0 Å². The number of hydrogen-bond acceptors (Lipinski definition) is 3. The highest BCUT2D eigenvalue weighted by molar-refractivity contribution is 5.79. The minimum Gasteiger partial charge on any atom is -0.493 e. The van der Waals surface area contributed by atoms with Gasteiger partial charge >= 0.3 is 0 Å². The van der Waals surface area contributed by atoms with Gasteiger partial charge < -0.3 is 15.4 Å². The normalized spacial score (nSPS) is 18.1. The molecule has 2 aliphatic heterocycles. The molecular weight excluding hydrogens is 240 g/mol. The standard InChI is InChI=1S/C15H20N2O2/c18-15(13-9-16-10-13)17-6-5-11-3-4-14-12(8-11)2-1-7-19-14/h3-4,8,13,16H,1-2,5-7,9-10H2,(H,17,18). The first-order valence-corrected chi connectivity index (χ1v) is 7.06. The van der Waals surface area contributed by atoms with Crippen LogP contribution >= 0.6 is 0 Å². The molecule has 0 aliphatic carbocycles. The van der Waals surface area contributed by atoms with Crippen molar-refractivity contribution in [1.29, 1.82) is 0 Å². The van der Waals surface area contributed by atoms with Crippen LogP contribution in [-0.2, 0) is 17.6 Å². The van der Waals surface area contributed by atoms with E-state index in [2.05, 4.69) is 28.8 Å². The molecule has 0 spiro atoms. The van der Waals surface area contributed by atoms with E-state index >= 15 is 0 Å². The average molecular weight is 260 g/mol. The van der Waals surface area contributed by atoms with Crippen molar-refractivity contribution in [3.8, 4) is 5.75 Å². The predicted molar refractivity (Wildman–Crippen MR) is 73.3 cm³/mol. The number of carbonyl (C=O) groups excluding carboxylic acids is 1. The highest BCUT2D eigenvalue weighted by Gasteiger charge is 2.24. The third-order valence-electron chi connectivity index (χ3n) is 3.84. The molecule has 4 nitrogen and oxygen atoms in total. The lowest BCUT2D eigenvalue weighted by atomic mass is 10.0. The maximum absolute atomic E-state index is 11.7. The molecule has 2 heterocycles. The summed E-state index contributed by atoms with van der Waals surface area (Å²) in [6.07, 6.45) is 3.09. The maximum atomic E-state index is 11.7. The van der Waals surface area contributed by atoms with E-state index in [4.69, 9.17) is 4.74 Å². The van der Waals surface area contributed by atoms with E-state index in [-0.39, 0.29) is 11.8 Å². The molecule has 1 fully saturated rings. The molecule has 2 N–H and O–H groups in total. The number of amides is 1. The lowest BCUT2D eigenvalue weighted by Crippen LogP contribution is -2.51. The van der Waals surface area contributed by atoms with Crippen LogP contribution in [0, 0.1) is 5.92 Å². The van der Waals surface area contributed by atoms with Gasteiger partial charge in [0.25, 0.3) is 0 Å². The van der Waals surface area contributed by atoms with E-state index in [0.717, 1.165) is 51.3 Å². The van der Waals surface area contributed by atoms with E-state index in [9.17, 15) is 4.79 Å². The van der Waals surface area contributed by atoms with Crippen molar-refractivity contribution in [3.05, 3.63) is 29.3 Å². The molecule has 0 saturated carbocycles. The number of benzene rings is 1. The summed E-state index contributed by atoms with van der Waals surface area (Å²) < 4.78 is 5.60. The third kappa shape index (κ3) is 2.89. The van der Waals surface area contributed by atoms with E-state index in [1.54, 1.807) is 0 Å². The summed E-state index contributed by atoms with van der Waals surface area (Å²) in [4.78, 5) is 11.7. The summed E-state index contributed by atoms with van der Waals surface area (Å²) in [7, 11) is 0. The Balaban J connectivity index is 1.50. The number of hydrogen-bond donors (Lipinski definition) is 2. The molecule has 102 valence electrons. The third-order valence-corrected chi connectivity index (χ3v) is 3.84. The van der Waals surface area contributed by atoms with Gasteiger partial charge in [-0.3, -0.25) is 4.79 Å². The zero-order valence-electron chi connectivity index (χ0n) is 11.1. The van der Waals surface area contributed by atoms with Crippen LogP contribution in [0.1, 0.15) is 17.5 Å². The molecule has 1 aromatic rings. The van der Waals surface area contributed by atoms with Crippen LogP contribution in [-0.4, -0.2) is 32.1 Å². The van der Waals surface area contributed by atoms with Gasteiger partial charge in [0.05, 0.1) is 12.5 Å². The predicted octanol–water partition coefficient (Wildman–Crippen LogP) is 0.890. The SMILES string of the molecule is O=C(NCCc1ccc2c(c1)CCCO2)C1CNC1. The molecule has 0 aromatic heterocycles. The van der Waals surface area contributed by atoms with E-state index in [1.165, 1.54) is 11.1 Å². The second kappa shape index (κ2) is 5.61. The van der Waals surface area contributed by atoms with Crippen molar-refractivity contribution < 1.29 is 9.53 Å². The van der Waals surface area contributed by atoms with Crippen molar-refractivity contribution in [2.24, 2.45) is 5.92 Å². The molecule has 0 bridgehead atoms. The van der Waals surface area contributed by atoms with Gasteiger partial charge in [-0.15, -0.1) is 0 Å². The number of nitrogens with one attached hydrogen (secondary N) is 2. The molecule has 19 heavy (non-hydrogen) atoms. The summed E-state index contributed by atoms with van der Waals surface area (Å²) >= 11 is 0. The first-order valence-electron chi connectivity index (χ1n) is 7.06. The topological polar surface area (TPSA) is 50.4 Å². The first-order chi connectivity index (χ1) is 9.33. The van der Waals surface area contributed by atoms with Gasteiger partial charge in [0.1, 0.15) is 5.75 Å². The van der Waals surface area contributed by atoms with Gasteiger partial charge in [-0.2, -0.15) is 0 Å². The van der Waals surface area contributed by atoms with Gasteiger partial charge in [-0.1, -0.05) is 12.1 Å². The molecule has 2 aliphatic rings. The van der Waals surface area contributed by atoms with Gasteiger partial charge in [-0.25, -0.2) is 0 Å². The Morgan fingerprint density at radius 1 is 1.42 bits per heavy atom. The summed E-state index contributed by atoms with van der Waals surface area (Å²) in [6, 6.07) is 6.37. The summed E-state index contributed by atoms with van der Waals surface area (Å²) in [5, 5.41) is 6.11. The quantitative estimate of drug-likeness (QED) is 0.845. The van der Waals surface area contributed by atoms with Crippen LogP contribution in [0.4, 0.5) is 0 Å². The number of aryl methyl sites for hydroxylation is 1. The molecule has 3 rings (SSSR count). The van der Waals surface area contributed by atoms with Crippen LogP contribution in [0.25, 0.3) is 0 Å². The summed E-state index contributed by atoms with van der Waals surface area (Å²) in [5.41, 5.74) is 2.58. The summed E-state index contributed by atoms with van der Waals surface area (Å²) in [6.45, 7) is 3.19. The Labute approximate surface area is 113 Å². The van der Waals surface area contributed by atoms with Crippen LogP contribution in [0.15, 0.2) is 18.2 Å². The van der Waals surface area contributed by atoms with Crippen molar-refractivity contribution in [2.75, 3.05) is 26.2 Å². The lowest BCUT2D eigenvalue weighted by Gasteiger charge is -2.25. The van der Waals surface area contributed by atoms with E-state index < -0.39 is 0 Å². The molecule has 1 saturated heterocycles. The lowest BCUT2D eigenvalue weighted by molar-refractivity contribution is -0.126. The molecule has 0 unspecified atom stereocenters. The monoisotopic (exact) mass is 260 g/mol. The van der Waals surface area contributed by atoms with E-state index in [1.807, 2.05) is 0 Å². The fraction of sp³-hybridized carbons (Fsp3) is 0.533. The van der Waals surface area contributed by atoms with Crippen LogP contribution in [0.5, 0.6) is 5.75 Å². The van der Waals surface area contributed by atoms with Crippen molar-refractivity contribution in [2.45, 2.75) is 19.3 Å². The number of ether oxygens (including phenoxy) is 1. The second-order valence-electron chi connectivity index (χ2n) is 5.29. The number of rotatable bonds is 4. The smallest absolute Gasteiger partial charge is 0.225 e. The zero-order valence-corrected chi connectivity index (χ0v) is 11.1. The first kappa shape index (κ1) is 12.5. The maximum Gasteiger partial charge on any atom is 0.225 e. The average Bonchev–Trinajstić information content (AvgIpc) is 2.36. The van der Waals surface area contributed by atoms with Crippen LogP contribution < -0.4 is 15.4 Å². The molecule has 1 aromatic carbocycles. The summed E-state index contributed by atoms with van der Waals surface area (Å²) in [5.74, 6) is 1.39. The Hall–Kier alpha value is -1.55. The Morgan fingerprint density at radius 3 is 3.11 bits per heavy atom. The highest BCUT2D eigenvalue weighted by Crippen LogP contribution is 2.25. The second-order valence-corrected chi connectivity index (χ2v) is 5.29. The minimum atomic E-state index is 0.178. The number of fused-ring (bicyclic) bond motifs is 1.